The molecule has 0 amide bonds. The van der Waals surface area contributed by atoms with Crippen LogP contribution in [0.5, 0.6) is 0 Å². The van der Waals surface area contributed by atoms with Crippen molar-refractivity contribution in [3.8, 4) is 0 Å². The summed E-state index contributed by atoms with van der Waals surface area (Å²) in [5, 5.41) is 0.421. The Morgan fingerprint density at radius 3 is 2.35 bits per heavy atom. The number of rotatable bonds is 5. The number of ether oxygens (including phenoxy) is 1. The number of pyridine rings is 1. The molecule has 122 valence electrons. The number of carbonyl (C=O) groups excluding carboxylic acids is 1. The fourth-order valence-electron chi connectivity index (χ4n) is 1.91. The summed E-state index contributed by atoms with van der Waals surface area (Å²) in [6, 6.07) is 9.60. The highest BCUT2D eigenvalue weighted by atomic mass is 35.5. The van der Waals surface area contributed by atoms with Gasteiger partial charge in [-0.15, -0.1) is 0 Å². The molecule has 0 spiro atoms. The van der Waals surface area contributed by atoms with Crippen molar-refractivity contribution in [1.82, 2.24) is 4.98 Å². The van der Waals surface area contributed by atoms with E-state index in [4.69, 9.17) is 11.6 Å². The van der Waals surface area contributed by atoms with Crippen molar-refractivity contribution in [2.24, 2.45) is 0 Å². The molecule has 8 heteroatoms. The Morgan fingerprint density at radius 2 is 1.87 bits per heavy atom. The highest BCUT2D eigenvalue weighted by Gasteiger charge is 2.19. The molecular weight excluding hydrogens is 340 g/mol. The Balaban J connectivity index is 2.28. The number of methoxy groups -OCH3 is 1. The highest BCUT2D eigenvalue weighted by molar-refractivity contribution is 7.92. The van der Waals surface area contributed by atoms with Gasteiger partial charge in [0.05, 0.1) is 30.5 Å². The predicted octanol–water partition coefficient (Wildman–Crippen LogP) is 2.49. The molecule has 0 saturated carbocycles. The van der Waals surface area contributed by atoms with E-state index < -0.39 is 16.0 Å². The molecule has 0 bridgehead atoms. The first kappa shape index (κ1) is 17.2. The average Bonchev–Trinajstić information content (AvgIpc) is 2.52. The highest BCUT2D eigenvalue weighted by Crippen LogP contribution is 2.20. The van der Waals surface area contributed by atoms with Gasteiger partial charge in [0.15, 0.2) is 0 Å². The van der Waals surface area contributed by atoms with Crippen LogP contribution in [0.2, 0.25) is 5.02 Å². The second kappa shape index (κ2) is 6.97. The molecule has 0 N–H and O–H groups in total. The van der Waals surface area contributed by atoms with E-state index in [-0.39, 0.29) is 12.4 Å². The molecule has 2 aromatic rings. The van der Waals surface area contributed by atoms with Crippen molar-refractivity contribution < 1.29 is 17.9 Å². The maximum atomic E-state index is 12.0. The van der Waals surface area contributed by atoms with Crippen LogP contribution in [0.3, 0.4) is 0 Å². The molecule has 0 saturated heterocycles. The normalized spacial score (nSPS) is 11.1. The van der Waals surface area contributed by atoms with Gasteiger partial charge in [-0.05, 0) is 29.8 Å². The quantitative estimate of drug-likeness (QED) is 0.771. The summed E-state index contributed by atoms with van der Waals surface area (Å²) < 4.78 is 29.8. The lowest BCUT2D eigenvalue weighted by Gasteiger charge is -2.21. The second-order valence-electron chi connectivity index (χ2n) is 4.79. The number of nitrogens with zero attached hydrogens (tertiary/aromatic N) is 2. The van der Waals surface area contributed by atoms with E-state index in [1.165, 1.54) is 19.4 Å². The molecule has 6 nitrogen and oxygen atoms in total. The van der Waals surface area contributed by atoms with Crippen LogP contribution < -0.4 is 4.31 Å². The zero-order chi connectivity index (χ0) is 17.0. The number of hydrogen-bond acceptors (Lipinski definition) is 5. The maximum Gasteiger partial charge on any atom is 0.337 e. The minimum atomic E-state index is -3.52. The monoisotopic (exact) mass is 354 g/mol. The van der Waals surface area contributed by atoms with Crippen molar-refractivity contribution in [2.75, 3.05) is 17.7 Å². The molecule has 0 fully saturated rings. The summed E-state index contributed by atoms with van der Waals surface area (Å²) in [6.45, 7) is 0.0922. The van der Waals surface area contributed by atoms with E-state index in [9.17, 15) is 13.2 Å². The molecular formula is C15H15ClN2O4S. The molecule has 23 heavy (non-hydrogen) atoms. The van der Waals surface area contributed by atoms with Gasteiger partial charge in [0.2, 0.25) is 10.0 Å². The van der Waals surface area contributed by atoms with Gasteiger partial charge in [-0.3, -0.25) is 0 Å². The predicted molar refractivity (Wildman–Crippen MR) is 88.1 cm³/mol. The Morgan fingerprint density at radius 1 is 1.22 bits per heavy atom. The summed E-state index contributed by atoms with van der Waals surface area (Å²) in [7, 11) is -2.22. The fourth-order valence-corrected chi connectivity index (χ4v) is 2.86. The number of benzene rings is 1. The molecule has 0 aliphatic rings. The van der Waals surface area contributed by atoms with Crippen LogP contribution in [-0.4, -0.2) is 32.7 Å². The summed E-state index contributed by atoms with van der Waals surface area (Å²) in [4.78, 5) is 15.4. The number of halogens is 1. The van der Waals surface area contributed by atoms with E-state index in [0.29, 0.717) is 16.1 Å². The standard InChI is InChI=1S/C15H15ClN2O4S/c1-22-15(19)12-5-3-11(4-6-12)10-18(23(2,20)21)14-8-7-13(16)9-17-14/h3-9H,10H2,1-2H3. The smallest absolute Gasteiger partial charge is 0.337 e. The number of aromatic nitrogens is 1. The van der Waals surface area contributed by atoms with Crippen LogP contribution >= 0.6 is 11.6 Å². The number of hydrogen-bond donors (Lipinski definition) is 0. The van der Waals surface area contributed by atoms with Crippen LogP contribution in [-0.2, 0) is 21.3 Å². The third kappa shape index (κ3) is 4.43. The Kier molecular flexibility index (Phi) is 5.23. The van der Waals surface area contributed by atoms with Gasteiger partial charge >= 0.3 is 5.97 Å². The van der Waals surface area contributed by atoms with E-state index in [1.807, 2.05) is 0 Å². The molecule has 2 rings (SSSR count). The Labute approximate surface area is 139 Å². The number of anilines is 1. The molecule has 1 heterocycles. The lowest BCUT2D eigenvalue weighted by atomic mass is 10.1. The van der Waals surface area contributed by atoms with Gasteiger partial charge in [-0.2, -0.15) is 0 Å². The van der Waals surface area contributed by atoms with E-state index in [1.54, 1.807) is 30.3 Å². The van der Waals surface area contributed by atoms with E-state index in [2.05, 4.69) is 9.72 Å². The Bertz CT molecular complexity index is 789. The van der Waals surface area contributed by atoms with Crippen molar-refractivity contribution in [3.63, 3.8) is 0 Å². The largest absolute Gasteiger partial charge is 0.465 e. The van der Waals surface area contributed by atoms with E-state index in [0.717, 1.165) is 10.6 Å². The van der Waals surface area contributed by atoms with Gasteiger partial charge in [0.25, 0.3) is 0 Å². The molecule has 1 aromatic carbocycles. The molecule has 0 radical (unpaired) electrons. The van der Waals surface area contributed by atoms with Crippen LogP contribution in [0.15, 0.2) is 42.6 Å². The van der Waals surface area contributed by atoms with Crippen molar-refractivity contribution in [2.45, 2.75) is 6.54 Å². The molecule has 0 unspecified atom stereocenters. The van der Waals surface area contributed by atoms with Gasteiger partial charge in [0.1, 0.15) is 5.82 Å². The second-order valence-corrected chi connectivity index (χ2v) is 7.14. The summed E-state index contributed by atoms with van der Waals surface area (Å²) in [5.41, 5.74) is 1.10. The summed E-state index contributed by atoms with van der Waals surface area (Å²) in [6.07, 6.45) is 2.49. The number of esters is 1. The minimum absolute atomic E-state index is 0.0922. The van der Waals surface area contributed by atoms with Crippen LogP contribution in [0.25, 0.3) is 0 Å². The fraction of sp³-hybridized carbons (Fsp3) is 0.200. The van der Waals surface area contributed by atoms with Crippen LogP contribution in [0, 0.1) is 0 Å². The summed E-state index contributed by atoms with van der Waals surface area (Å²) >= 11 is 5.78. The van der Waals surface area contributed by atoms with Gasteiger partial charge in [0, 0.05) is 6.20 Å². The van der Waals surface area contributed by atoms with Crippen molar-refractivity contribution >= 4 is 33.4 Å². The lowest BCUT2D eigenvalue weighted by Crippen LogP contribution is -2.30. The molecule has 0 aliphatic carbocycles. The van der Waals surface area contributed by atoms with Crippen molar-refractivity contribution in [3.05, 3.63) is 58.7 Å². The molecule has 1 aromatic heterocycles. The topological polar surface area (TPSA) is 76.6 Å². The number of sulfonamides is 1. The van der Waals surface area contributed by atoms with Crippen molar-refractivity contribution in [1.29, 1.82) is 0 Å². The maximum absolute atomic E-state index is 12.0. The first-order valence-electron chi connectivity index (χ1n) is 6.58. The van der Waals surface area contributed by atoms with Gasteiger partial charge in [-0.25, -0.2) is 22.5 Å². The molecule has 0 aliphatic heterocycles. The average molecular weight is 355 g/mol. The zero-order valence-electron chi connectivity index (χ0n) is 12.6. The third-order valence-corrected chi connectivity index (χ3v) is 4.41. The first-order valence-corrected chi connectivity index (χ1v) is 8.80. The van der Waals surface area contributed by atoms with E-state index >= 15 is 0 Å². The number of carbonyl (C=O) groups is 1. The summed E-state index contributed by atoms with van der Waals surface area (Å²) in [5.74, 6) is -0.176. The SMILES string of the molecule is COC(=O)c1ccc(CN(c2ccc(Cl)cn2)S(C)(=O)=O)cc1. The van der Waals surface area contributed by atoms with Crippen LogP contribution in [0.4, 0.5) is 5.82 Å². The zero-order valence-corrected chi connectivity index (χ0v) is 14.1. The van der Waals surface area contributed by atoms with Gasteiger partial charge in [-0.1, -0.05) is 23.7 Å². The minimum Gasteiger partial charge on any atom is -0.465 e. The lowest BCUT2D eigenvalue weighted by molar-refractivity contribution is 0.0600. The molecule has 0 atom stereocenters. The van der Waals surface area contributed by atoms with Gasteiger partial charge < -0.3 is 4.74 Å². The van der Waals surface area contributed by atoms with Crippen LogP contribution in [0.1, 0.15) is 15.9 Å². The third-order valence-electron chi connectivity index (χ3n) is 3.07. The first-order chi connectivity index (χ1) is 10.8. The Hall–Kier alpha value is -2.12.